The fourth-order valence-electron chi connectivity index (χ4n) is 4.01. The maximum Gasteiger partial charge on any atom is 0.276 e. The molecule has 4 rings (SSSR count). The molecule has 1 saturated heterocycles. The van der Waals surface area contributed by atoms with E-state index < -0.39 is 0 Å². The summed E-state index contributed by atoms with van der Waals surface area (Å²) in [5.74, 6) is -0.349. The van der Waals surface area contributed by atoms with Crippen molar-refractivity contribution in [3.8, 4) is 0 Å². The summed E-state index contributed by atoms with van der Waals surface area (Å²) in [7, 11) is 0. The fraction of sp³-hybridized carbons (Fsp3) is 0.478. The van der Waals surface area contributed by atoms with Gasteiger partial charge in [-0.25, -0.2) is 4.68 Å². The number of carbonyl (C=O) groups excluding carboxylic acids is 2. The number of rotatable bonds is 5. The second-order valence-electron chi connectivity index (χ2n) is 9.14. The summed E-state index contributed by atoms with van der Waals surface area (Å²) in [5.41, 5.74) is 8.23. The lowest BCUT2D eigenvalue weighted by Gasteiger charge is -2.23. The first-order valence-corrected chi connectivity index (χ1v) is 11.9. The molecule has 1 aromatic carbocycles. The van der Waals surface area contributed by atoms with E-state index in [0.29, 0.717) is 39.8 Å². The molecule has 32 heavy (non-hydrogen) atoms. The third-order valence-corrected chi connectivity index (χ3v) is 6.78. The monoisotopic (exact) mass is 454 g/mol. The predicted octanol–water partition coefficient (Wildman–Crippen LogP) is 3.63. The van der Waals surface area contributed by atoms with Crippen LogP contribution in [0, 0.1) is 0 Å². The standard InChI is InChI=1S/C23H30N6O2S/c1-5-14-8-10-15(11-9-14)20(30)26-22-25-19-18(32-22)17(27-29(19)23(2,3)4)21(31)28-12-6-7-16(28)13-24/h8-11,16H,5-7,12-13,24H2,1-4H3,(H,25,26,30)/t16-/m0/s1. The van der Waals surface area contributed by atoms with E-state index in [1.165, 1.54) is 16.9 Å². The number of likely N-dealkylation sites (tertiary alicyclic amines) is 1. The van der Waals surface area contributed by atoms with Crippen molar-refractivity contribution in [2.45, 2.75) is 58.5 Å². The number of anilines is 1. The van der Waals surface area contributed by atoms with E-state index in [1.54, 1.807) is 4.68 Å². The first kappa shape index (κ1) is 22.4. The summed E-state index contributed by atoms with van der Waals surface area (Å²) in [6, 6.07) is 7.56. The molecule has 1 aliphatic rings. The molecule has 3 heterocycles. The van der Waals surface area contributed by atoms with E-state index in [0.717, 1.165) is 19.3 Å². The Morgan fingerprint density at radius 3 is 2.59 bits per heavy atom. The van der Waals surface area contributed by atoms with Crippen LogP contribution in [0.3, 0.4) is 0 Å². The van der Waals surface area contributed by atoms with Crippen LogP contribution in [-0.4, -0.2) is 50.6 Å². The number of amides is 2. The molecule has 9 heteroatoms. The van der Waals surface area contributed by atoms with E-state index in [4.69, 9.17) is 5.73 Å². The van der Waals surface area contributed by atoms with Crippen LogP contribution in [0.5, 0.6) is 0 Å². The molecular weight excluding hydrogens is 424 g/mol. The molecule has 0 spiro atoms. The van der Waals surface area contributed by atoms with E-state index in [9.17, 15) is 9.59 Å². The zero-order valence-electron chi connectivity index (χ0n) is 19.0. The summed E-state index contributed by atoms with van der Waals surface area (Å²) in [4.78, 5) is 32.6. The lowest BCUT2D eigenvalue weighted by molar-refractivity contribution is 0.0735. The highest BCUT2D eigenvalue weighted by atomic mass is 32.1. The van der Waals surface area contributed by atoms with Crippen molar-refractivity contribution in [1.29, 1.82) is 0 Å². The van der Waals surface area contributed by atoms with Crippen LogP contribution in [0.25, 0.3) is 10.3 Å². The van der Waals surface area contributed by atoms with Gasteiger partial charge in [0.25, 0.3) is 11.8 Å². The largest absolute Gasteiger partial charge is 0.333 e. The molecule has 0 radical (unpaired) electrons. The van der Waals surface area contributed by atoms with Gasteiger partial charge in [0.15, 0.2) is 16.5 Å². The minimum atomic E-state index is -0.375. The number of benzene rings is 1. The molecule has 0 bridgehead atoms. The molecule has 1 fully saturated rings. The summed E-state index contributed by atoms with van der Waals surface area (Å²) in [5, 5.41) is 7.99. The molecule has 1 aliphatic heterocycles. The van der Waals surface area contributed by atoms with Crippen LogP contribution >= 0.6 is 11.3 Å². The lowest BCUT2D eigenvalue weighted by atomic mass is 10.1. The van der Waals surface area contributed by atoms with Crippen molar-refractivity contribution in [3.63, 3.8) is 0 Å². The second kappa shape index (κ2) is 8.63. The van der Waals surface area contributed by atoms with Gasteiger partial charge in [0, 0.05) is 24.7 Å². The Balaban J connectivity index is 1.68. The van der Waals surface area contributed by atoms with Gasteiger partial charge in [-0.3, -0.25) is 14.9 Å². The van der Waals surface area contributed by atoms with Gasteiger partial charge in [0.2, 0.25) is 0 Å². The van der Waals surface area contributed by atoms with E-state index in [-0.39, 0.29) is 23.4 Å². The molecule has 170 valence electrons. The van der Waals surface area contributed by atoms with Crippen LogP contribution in [0.4, 0.5) is 5.13 Å². The lowest BCUT2D eigenvalue weighted by Crippen LogP contribution is -2.40. The minimum Gasteiger partial charge on any atom is -0.333 e. The van der Waals surface area contributed by atoms with Crippen molar-refractivity contribution in [2.24, 2.45) is 5.73 Å². The van der Waals surface area contributed by atoms with E-state index in [1.807, 2.05) is 49.9 Å². The Labute approximate surface area is 191 Å². The Kier molecular flexibility index (Phi) is 6.05. The zero-order chi connectivity index (χ0) is 23.0. The third-order valence-electron chi connectivity index (χ3n) is 5.82. The van der Waals surface area contributed by atoms with Gasteiger partial charge in [0.05, 0.1) is 5.54 Å². The summed E-state index contributed by atoms with van der Waals surface area (Å²) in [6.07, 6.45) is 2.77. The van der Waals surface area contributed by atoms with Crippen LogP contribution in [-0.2, 0) is 12.0 Å². The average Bonchev–Trinajstić information content (AvgIpc) is 3.47. The number of carbonyl (C=O) groups is 2. The number of aromatic nitrogens is 3. The zero-order valence-corrected chi connectivity index (χ0v) is 19.8. The highest BCUT2D eigenvalue weighted by molar-refractivity contribution is 7.22. The minimum absolute atomic E-state index is 0.0375. The third kappa shape index (κ3) is 4.14. The van der Waals surface area contributed by atoms with Gasteiger partial charge in [-0.1, -0.05) is 30.4 Å². The first-order chi connectivity index (χ1) is 15.2. The van der Waals surface area contributed by atoms with Gasteiger partial charge in [-0.2, -0.15) is 10.1 Å². The summed E-state index contributed by atoms with van der Waals surface area (Å²) < 4.78 is 2.45. The highest BCUT2D eigenvalue weighted by Crippen LogP contribution is 2.34. The molecule has 0 aliphatic carbocycles. The number of nitrogens with zero attached hydrogens (tertiary/aromatic N) is 4. The molecule has 8 nitrogen and oxygen atoms in total. The molecule has 3 N–H and O–H groups in total. The molecular formula is C23H30N6O2S. The number of hydrogen-bond donors (Lipinski definition) is 2. The van der Waals surface area contributed by atoms with Crippen LogP contribution in [0.1, 0.15) is 66.9 Å². The Morgan fingerprint density at radius 1 is 1.25 bits per heavy atom. The number of nitrogens with one attached hydrogen (secondary N) is 1. The van der Waals surface area contributed by atoms with Crippen molar-refractivity contribution in [1.82, 2.24) is 19.7 Å². The number of thiazole rings is 1. The molecule has 0 saturated carbocycles. The van der Waals surface area contributed by atoms with Crippen LogP contribution in [0.2, 0.25) is 0 Å². The SMILES string of the molecule is CCc1ccc(C(=O)Nc2nc3c(s2)c(C(=O)N2CCC[C@H]2CN)nn3C(C)(C)C)cc1. The van der Waals surface area contributed by atoms with E-state index >= 15 is 0 Å². The molecule has 2 amide bonds. The quantitative estimate of drug-likeness (QED) is 0.612. The second-order valence-corrected chi connectivity index (χ2v) is 10.1. The fourth-order valence-corrected chi connectivity index (χ4v) is 4.93. The van der Waals surface area contributed by atoms with Crippen LogP contribution < -0.4 is 11.1 Å². The number of hydrogen-bond acceptors (Lipinski definition) is 6. The van der Waals surface area contributed by atoms with Crippen molar-refractivity contribution in [3.05, 3.63) is 41.1 Å². The van der Waals surface area contributed by atoms with Gasteiger partial charge < -0.3 is 10.6 Å². The van der Waals surface area contributed by atoms with Gasteiger partial charge in [0.1, 0.15) is 4.70 Å². The molecule has 0 unspecified atom stereocenters. The summed E-state index contributed by atoms with van der Waals surface area (Å²) >= 11 is 1.28. The molecule has 3 aromatic rings. The maximum atomic E-state index is 13.4. The topological polar surface area (TPSA) is 106 Å². The normalized spacial score (nSPS) is 16.7. The van der Waals surface area contributed by atoms with Gasteiger partial charge in [-0.05, 0) is 57.7 Å². The number of aryl methyl sites for hydroxylation is 1. The Bertz CT molecular complexity index is 1140. The van der Waals surface area contributed by atoms with Gasteiger partial charge >= 0.3 is 0 Å². The van der Waals surface area contributed by atoms with E-state index in [2.05, 4.69) is 22.3 Å². The number of fused-ring (bicyclic) bond motifs is 1. The van der Waals surface area contributed by atoms with Crippen molar-refractivity contribution < 1.29 is 9.59 Å². The van der Waals surface area contributed by atoms with Crippen molar-refractivity contribution >= 4 is 38.6 Å². The predicted molar refractivity (Wildman–Crippen MR) is 127 cm³/mol. The smallest absolute Gasteiger partial charge is 0.276 e. The summed E-state index contributed by atoms with van der Waals surface area (Å²) in [6.45, 7) is 9.24. The number of nitrogens with two attached hydrogens (primary N) is 1. The average molecular weight is 455 g/mol. The molecule has 1 atom stereocenters. The molecule has 2 aromatic heterocycles. The Morgan fingerprint density at radius 2 is 1.97 bits per heavy atom. The van der Waals surface area contributed by atoms with Gasteiger partial charge in [-0.15, -0.1) is 0 Å². The maximum absolute atomic E-state index is 13.4. The van der Waals surface area contributed by atoms with Crippen molar-refractivity contribution in [2.75, 3.05) is 18.4 Å². The Hall–Kier alpha value is -2.78. The first-order valence-electron chi connectivity index (χ1n) is 11.0. The highest BCUT2D eigenvalue weighted by Gasteiger charge is 2.34. The van der Waals surface area contributed by atoms with Crippen LogP contribution in [0.15, 0.2) is 24.3 Å².